The molecule has 2 N–H and O–H groups in total. The van der Waals surface area contributed by atoms with E-state index < -0.39 is 10.0 Å². The van der Waals surface area contributed by atoms with Crippen molar-refractivity contribution in [3.05, 3.63) is 45.4 Å². The van der Waals surface area contributed by atoms with Crippen LogP contribution in [-0.2, 0) is 27.9 Å². The first-order chi connectivity index (χ1) is 13.2. The zero-order chi connectivity index (χ0) is 20.5. The van der Waals surface area contributed by atoms with Gasteiger partial charge in [0.2, 0.25) is 10.0 Å². The molecule has 0 saturated carbocycles. The van der Waals surface area contributed by atoms with Crippen LogP contribution in [0.4, 0.5) is 0 Å². The number of unbranched alkanes of at least 4 members (excludes halogenated alkanes) is 1. The molecule has 0 aliphatic carbocycles. The molecular formula is C19H23N3O4S2. The van der Waals surface area contributed by atoms with Crippen molar-refractivity contribution in [2.24, 2.45) is 5.14 Å². The maximum atomic E-state index is 12.4. The second-order valence-corrected chi connectivity index (χ2v) is 9.65. The lowest BCUT2D eigenvalue weighted by Gasteiger charge is -2.09. The number of aryl methyl sites for hydroxylation is 3. The van der Waals surface area contributed by atoms with Gasteiger partial charge in [-0.25, -0.2) is 23.3 Å². The van der Waals surface area contributed by atoms with Crippen molar-refractivity contribution in [1.29, 1.82) is 0 Å². The highest BCUT2D eigenvalue weighted by molar-refractivity contribution is 7.89. The smallest absolute Gasteiger partial charge is 0.339 e. The Morgan fingerprint density at radius 1 is 1.29 bits per heavy atom. The van der Waals surface area contributed by atoms with Gasteiger partial charge in [0.25, 0.3) is 0 Å². The number of carbonyl (C=O) groups is 1. The van der Waals surface area contributed by atoms with Crippen LogP contribution in [0.2, 0.25) is 0 Å². The van der Waals surface area contributed by atoms with Gasteiger partial charge in [-0.05, 0) is 44.5 Å². The number of hydrogen-bond donors (Lipinski definition) is 1. The summed E-state index contributed by atoms with van der Waals surface area (Å²) in [4.78, 5) is 18.9. The van der Waals surface area contributed by atoms with Gasteiger partial charge >= 0.3 is 5.97 Å². The monoisotopic (exact) mass is 421 g/mol. The summed E-state index contributed by atoms with van der Waals surface area (Å²) in [7, 11) is -3.81. The third kappa shape index (κ3) is 4.26. The highest BCUT2D eigenvalue weighted by Gasteiger charge is 2.18. The average molecular weight is 422 g/mol. The first kappa shape index (κ1) is 20.5. The minimum atomic E-state index is -3.81. The molecule has 1 aromatic carbocycles. The molecular weight excluding hydrogens is 398 g/mol. The molecule has 0 saturated heterocycles. The lowest BCUT2D eigenvalue weighted by atomic mass is 10.2. The van der Waals surface area contributed by atoms with Crippen LogP contribution >= 0.6 is 11.3 Å². The first-order valence-electron chi connectivity index (χ1n) is 8.97. The van der Waals surface area contributed by atoms with E-state index >= 15 is 0 Å². The van der Waals surface area contributed by atoms with E-state index in [0.29, 0.717) is 23.4 Å². The molecule has 7 nitrogen and oxygen atoms in total. The van der Waals surface area contributed by atoms with Crippen molar-refractivity contribution in [3.8, 4) is 0 Å². The number of nitrogens with zero attached hydrogens (tertiary/aromatic N) is 2. The zero-order valence-corrected chi connectivity index (χ0v) is 17.7. The summed E-state index contributed by atoms with van der Waals surface area (Å²) in [5, 5.41) is 5.22. The fourth-order valence-corrected chi connectivity index (χ4v) is 4.50. The highest BCUT2D eigenvalue weighted by atomic mass is 32.2. The van der Waals surface area contributed by atoms with E-state index in [4.69, 9.17) is 9.88 Å². The van der Waals surface area contributed by atoms with E-state index in [1.54, 1.807) is 17.4 Å². The van der Waals surface area contributed by atoms with Crippen LogP contribution in [0.3, 0.4) is 0 Å². The Kier molecular flexibility index (Phi) is 5.87. The second kappa shape index (κ2) is 8.02. The number of esters is 1. The van der Waals surface area contributed by atoms with Crippen LogP contribution in [-0.4, -0.2) is 23.9 Å². The number of fused-ring (bicyclic) bond motifs is 1. The number of benzene rings is 1. The van der Waals surface area contributed by atoms with Gasteiger partial charge in [-0.3, -0.25) is 0 Å². The van der Waals surface area contributed by atoms with E-state index in [9.17, 15) is 13.2 Å². The van der Waals surface area contributed by atoms with Crippen LogP contribution in [0.5, 0.6) is 0 Å². The lowest BCUT2D eigenvalue weighted by molar-refractivity contribution is 0.0458. The van der Waals surface area contributed by atoms with Crippen molar-refractivity contribution in [2.75, 3.05) is 0 Å². The van der Waals surface area contributed by atoms with E-state index in [-0.39, 0.29) is 17.5 Å². The van der Waals surface area contributed by atoms with Crippen LogP contribution < -0.4 is 5.14 Å². The van der Waals surface area contributed by atoms with Crippen molar-refractivity contribution in [2.45, 2.75) is 51.7 Å². The van der Waals surface area contributed by atoms with Gasteiger partial charge in [0.05, 0.1) is 21.5 Å². The molecule has 2 aromatic heterocycles. The zero-order valence-electron chi connectivity index (χ0n) is 16.1. The Bertz CT molecular complexity index is 1130. The van der Waals surface area contributed by atoms with Gasteiger partial charge in [-0.15, -0.1) is 11.3 Å². The number of sulfonamides is 1. The number of thiophene rings is 1. The van der Waals surface area contributed by atoms with Crippen molar-refractivity contribution < 1.29 is 17.9 Å². The van der Waals surface area contributed by atoms with Crippen LogP contribution in [0.15, 0.2) is 29.2 Å². The number of primary sulfonamides is 1. The summed E-state index contributed by atoms with van der Waals surface area (Å²) < 4.78 is 30.7. The SMILES string of the molecule is CCCCn1c(COC(=O)c2cc(C)sc2C)nc2cc(S(N)(=O)=O)ccc21. The number of aromatic nitrogens is 2. The maximum absolute atomic E-state index is 12.4. The van der Waals surface area contributed by atoms with Crippen molar-refractivity contribution >= 4 is 38.4 Å². The molecule has 0 bridgehead atoms. The van der Waals surface area contributed by atoms with Crippen molar-refractivity contribution in [1.82, 2.24) is 9.55 Å². The quantitative estimate of drug-likeness (QED) is 0.588. The molecule has 0 spiro atoms. The average Bonchev–Trinajstić information content (AvgIpc) is 3.15. The molecule has 150 valence electrons. The number of carbonyl (C=O) groups excluding carboxylic acids is 1. The summed E-state index contributed by atoms with van der Waals surface area (Å²) in [6, 6.07) is 6.43. The minimum absolute atomic E-state index is 0.00746. The molecule has 3 rings (SSSR count). The number of rotatable bonds is 7. The molecule has 0 unspecified atom stereocenters. The van der Waals surface area contributed by atoms with E-state index in [2.05, 4.69) is 11.9 Å². The van der Waals surface area contributed by atoms with Gasteiger partial charge in [0.1, 0.15) is 12.4 Å². The summed E-state index contributed by atoms with van der Waals surface area (Å²) in [6.45, 7) is 6.63. The normalized spacial score (nSPS) is 11.9. The predicted octanol–water partition coefficient (Wildman–Crippen LogP) is 3.52. The number of ether oxygens (including phenoxy) is 1. The molecule has 3 aromatic rings. The van der Waals surface area contributed by atoms with Crippen LogP contribution in [0, 0.1) is 13.8 Å². The molecule has 0 aliphatic rings. The van der Waals surface area contributed by atoms with Gasteiger partial charge in [-0.2, -0.15) is 0 Å². The summed E-state index contributed by atoms with van der Waals surface area (Å²) in [5.41, 5.74) is 1.86. The largest absolute Gasteiger partial charge is 0.454 e. The maximum Gasteiger partial charge on any atom is 0.339 e. The van der Waals surface area contributed by atoms with E-state index in [0.717, 1.165) is 28.1 Å². The Morgan fingerprint density at radius 3 is 2.64 bits per heavy atom. The molecule has 2 heterocycles. The molecule has 0 radical (unpaired) electrons. The third-order valence-electron chi connectivity index (χ3n) is 4.46. The second-order valence-electron chi connectivity index (χ2n) is 6.63. The van der Waals surface area contributed by atoms with Crippen LogP contribution in [0.1, 0.15) is 45.7 Å². The Morgan fingerprint density at radius 2 is 2.04 bits per heavy atom. The minimum Gasteiger partial charge on any atom is -0.454 e. The molecule has 0 amide bonds. The standard InChI is InChI=1S/C19H23N3O4S2/c1-4-5-8-22-17-7-6-14(28(20,24)25)10-16(17)21-18(22)11-26-19(23)15-9-12(2)27-13(15)3/h6-7,9-10H,4-5,8,11H2,1-3H3,(H2,20,24,25). The molecule has 0 fully saturated rings. The van der Waals surface area contributed by atoms with Crippen molar-refractivity contribution in [3.63, 3.8) is 0 Å². The molecule has 0 aliphatic heterocycles. The van der Waals surface area contributed by atoms with E-state index in [1.807, 2.05) is 24.5 Å². The molecule has 28 heavy (non-hydrogen) atoms. The summed E-state index contributed by atoms with van der Waals surface area (Å²) in [6.07, 6.45) is 1.91. The number of imidazole rings is 1. The fourth-order valence-electron chi connectivity index (χ4n) is 3.05. The predicted molar refractivity (Wildman–Crippen MR) is 109 cm³/mol. The van der Waals surface area contributed by atoms with Crippen LogP contribution in [0.25, 0.3) is 11.0 Å². The van der Waals surface area contributed by atoms with E-state index in [1.165, 1.54) is 12.1 Å². The molecule has 0 atom stereocenters. The van der Waals surface area contributed by atoms with Gasteiger partial charge in [-0.1, -0.05) is 13.3 Å². The molecule has 9 heteroatoms. The van der Waals surface area contributed by atoms with Gasteiger partial charge < -0.3 is 9.30 Å². The summed E-state index contributed by atoms with van der Waals surface area (Å²) in [5.74, 6) is 0.189. The Labute approximate surface area is 168 Å². The number of hydrogen-bond acceptors (Lipinski definition) is 6. The third-order valence-corrected chi connectivity index (χ3v) is 6.33. The number of nitrogens with two attached hydrogens (primary N) is 1. The van der Waals surface area contributed by atoms with Gasteiger partial charge in [0, 0.05) is 16.3 Å². The fraction of sp³-hybridized carbons (Fsp3) is 0.368. The Balaban J connectivity index is 1.92. The highest BCUT2D eigenvalue weighted by Crippen LogP contribution is 2.24. The van der Waals surface area contributed by atoms with Gasteiger partial charge in [0.15, 0.2) is 0 Å². The lowest BCUT2D eigenvalue weighted by Crippen LogP contribution is -2.12. The first-order valence-corrected chi connectivity index (χ1v) is 11.3. The summed E-state index contributed by atoms with van der Waals surface area (Å²) >= 11 is 1.55. The topological polar surface area (TPSA) is 104 Å². The Hall–Kier alpha value is -2.23.